The highest BCUT2D eigenvalue weighted by atomic mass is 19.1. The number of carbonyl (C=O) groups excluding carboxylic acids is 4. The Bertz CT molecular complexity index is 3130. The fraction of sp³-hybridized carbons (Fsp3) is 0.518. The number of rotatable bonds is 12. The molecule has 4 amide bonds. The number of piperidine rings is 2. The highest BCUT2D eigenvalue weighted by Gasteiger charge is 2.50. The Morgan fingerprint density at radius 1 is 0.811 bits per heavy atom. The number of pyridine rings is 1. The van der Waals surface area contributed by atoms with Gasteiger partial charge in [-0.2, -0.15) is 9.97 Å². The fourth-order valence-electron chi connectivity index (χ4n) is 13.9. The third-order valence-electron chi connectivity index (χ3n) is 18.0. The fourth-order valence-corrected chi connectivity index (χ4v) is 13.9. The van der Waals surface area contributed by atoms with Crippen molar-refractivity contribution in [3.8, 4) is 17.3 Å². The first kappa shape index (κ1) is 47.4. The van der Waals surface area contributed by atoms with Gasteiger partial charge in [0.1, 0.15) is 28.9 Å². The van der Waals surface area contributed by atoms with Crippen LogP contribution in [0.5, 0.6) is 6.01 Å². The zero-order valence-corrected chi connectivity index (χ0v) is 41.9. The Morgan fingerprint density at radius 2 is 1.57 bits per heavy atom. The normalized spacial score (nSPS) is 24.8. The van der Waals surface area contributed by atoms with E-state index in [-0.39, 0.29) is 41.3 Å². The van der Waals surface area contributed by atoms with E-state index in [1.807, 2.05) is 13.0 Å². The number of anilines is 3. The van der Waals surface area contributed by atoms with E-state index in [0.717, 1.165) is 107 Å². The van der Waals surface area contributed by atoms with E-state index in [0.29, 0.717) is 81.0 Å². The number of amides is 4. The van der Waals surface area contributed by atoms with Gasteiger partial charge in [0.2, 0.25) is 11.8 Å². The number of carbonyl (C=O) groups is 4. The third kappa shape index (κ3) is 8.40. The number of nitrogen functional groups attached to an aromatic ring is 1. The molecule has 3 atom stereocenters. The summed E-state index contributed by atoms with van der Waals surface area (Å²) in [6, 6.07) is 11.8. The first-order valence-corrected chi connectivity index (χ1v) is 26.9. The minimum Gasteiger partial charge on any atom is -0.463 e. The first-order valence-electron chi connectivity index (χ1n) is 26.9. The van der Waals surface area contributed by atoms with Crippen LogP contribution in [0, 0.1) is 28.4 Å². The number of nitrogens with zero attached hydrogens (tertiary/aromatic N) is 8. The van der Waals surface area contributed by atoms with Crippen LogP contribution in [0.15, 0.2) is 48.7 Å². The number of hydrogen-bond donors (Lipinski definition) is 3. The molecular weight excluding hydrogens is 945 g/mol. The molecule has 6 aliphatic heterocycles. The van der Waals surface area contributed by atoms with E-state index in [4.69, 9.17) is 25.4 Å². The Hall–Kier alpha value is -6.37. The Balaban J connectivity index is 0.628. The summed E-state index contributed by atoms with van der Waals surface area (Å²) in [5.74, 6) is -1.60. The lowest BCUT2D eigenvalue weighted by molar-refractivity contribution is -0.136. The van der Waals surface area contributed by atoms with E-state index in [2.05, 4.69) is 30.2 Å². The van der Waals surface area contributed by atoms with E-state index in [1.54, 1.807) is 36.5 Å². The van der Waals surface area contributed by atoms with Gasteiger partial charge in [0.25, 0.3) is 11.8 Å². The summed E-state index contributed by atoms with van der Waals surface area (Å²) < 4.78 is 39.1. The van der Waals surface area contributed by atoms with Crippen molar-refractivity contribution in [2.24, 2.45) is 16.7 Å². The number of halogens is 2. The summed E-state index contributed by atoms with van der Waals surface area (Å²) in [5.41, 5.74) is 9.85. The molecule has 13 rings (SSSR count). The summed E-state index contributed by atoms with van der Waals surface area (Å²) in [6.07, 6.45) is 11.5. The maximum atomic E-state index is 17.3. The Kier molecular flexibility index (Phi) is 11.6. The number of aryl methyl sites for hydroxylation is 1. The van der Waals surface area contributed by atoms with Crippen LogP contribution >= 0.6 is 0 Å². The number of hydrogen-bond acceptors (Lipinski definition) is 14. The molecular formula is C56H63F2N11O5. The SMILES string of the molecule is CCc1c(F)ccc2cc(N)cc(-c3ncc4c(N5CC6CCC(C5)N6)nc(OCC5(CN6CCC7(CC6)CC(CN6CCN(c8ccc9c(c8)C(=O)N(C8CCC(=O)NC8=O)C9=O)CC6)C7)CC5)nc4c3F)c12. The van der Waals surface area contributed by atoms with Crippen molar-refractivity contribution >= 4 is 62.5 Å². The third-order valence-corrected chi connectivity index (χ3v) is 18.0. The molecule has 7 fully saturated rings. The van der Waals surface area contributed by atoms with Crippen LogP contribution in [-0.4, -0.2) is 143 Å². The predicted molar refractivity (Wildman–Crippen MR) is 276 cm³/mol. The zero-order chi connectivity index (χ0) is 50.6. The maximum Gasteiger partial charge on any atom is 0.319 e. The first-order chi connectivity index (χ1) is 35.8. The molecule has 74 heavy (non-hydrogen) atoms. The molecule has 2 aliphatic carbocycles. The summed E-state index contributed by atoms with van der Waals surface area (Å²) in [7, 11) is 0. The number of ether oxygens (including phenoxy) is 1. The average Bonchev–Trinajstić information content (AvgIpc) is 4.01. The van der Waals surface area contributed by atoms with E-state index < -0.39 is 35.5 Å². The van der Waals surface area contributed by atoms with Crippen LogP contribution in [-0.2, 0) is 16.0 Å². The van der Waals surface area contributed by atoms with Gasteiger partial charge in [0, 0.05) is 99.4 Å². The molecule has 2 saturated carbocycles. The van der Waals surface area contributed by atoms with Crippen molar-refractivity contribution in [3.63, 3.8) is 0 Å². The van der Waals surface area contributed by atoms with Gasteiger partial charge in [0.05, 0.1) is 23.1 Å². The van der Waals surface area contributed by atoms with Crippen molar-refractivity contribution in [2.45, 2.75) is 95.7 Å². The molecule has 2 bridgehead atoms. The van der Waals surface area contributed by atoms with Gasteiger partial charge in [0.15, 0.2) is 5.82 Å². The standard InChI is InChI=1S/C56H63F2N11O5/c1-2-38-43(57)8-3-33-21-34(59)22-41(46(33)38)48-47(58)49-42(26-60-48)50(68-28-35-4-5-36(29-68)61-35)64-54(63-49)74-31-56(11-12-56)30-66-15-13-55(14-16-66)24-32(25-55)27-65-17-19-67(20-18-65)37-6-7-39-40(23-37)53(73)69(52(39)72)44-9-10-45(70)62-51(44)71/h3,6-8,21-23,26,32,35-36,44,61H,2,4-5,9-20,24-25,27-31,59H2,1H3,(H,62,70,71). The Morgan fingerprint density at radius 3 is 2.30 bits per heavy atom. The number of piperazine rings is 2. The number of aromatic nitrogens is 3. The molecule has 5 saturated heterocycles. The summed E-state index contributed by atoms with van der Waals surface area (Å²) >= 11 is 0. The van der Waals surface area contributed by atoms with Gasteiger partial charge in [-0.3, -0.25) is 39.3 Å². The Labute approximate surface area is 428 Å². The van der Waals surface area contributed by atoms with Crippen molar-refractivity contribution in [3.05, 3.63) is 77.0 Å². The summed E-state index contributed by atoms with van der Waals surface area (Å²) in [5, 5.41) is 7.80. The van der Waals surface area contributed by atoms with Crippen LogP contribution < -0.4 is 30.9 Å². The molecule has 5 aromatic rings. The van der Waals surface area contributed by atoms with E-state index in [9.17, 15) is 19.2 Å². The second-order valence-electron chi connectivity index (χ2n) is 22.9. The van der Waals surface area contributed by atoms with Gasteiger partial charge in [-0.05, 0) is 141 Å². The number of nitrogens with one attached hydrogen (secondary N) is 2. The second-order valence-corrected chi connectivity index (χ2v) is 22.9. The molecule has 4 N–H and O–H groups in total. The van der Waals surface area contributed by atoms with Crippen molar-refractivity contribution in [1.29, 1.82) is 0 Å². The molecule has 3 aromatic carbocycles. The van der Waals surface area contributed by atoms with Gasteiger partial charge < -0.3 is 30.5 Å². The van der Waals surface area contributed by atoms with Crippen LogP contribution in [0.25, 0.3) is 32.9 Å². The van der Waals surface area contributed by atoms with Crippen LogP contribution in [0.4, 0.5) is 26.0 Å². The molecule has 386 valence electrons. The maximum absolute atomic E-state index is 17.3. The van der Waals surface area contributed by atoms with Crippen LogP contribution in [0.3, 0.4) is 0 Å². The molecule has 16 nitrogen and oxygen atoms in total. The molecule has 1 spiro atoms. The van der Waals surface area contributed by atoms with Crippen molar-refractivity contribution < 1.29 is 32.7 Å². The van der Waals surface area contributed by atoms with Gasteiger partial charge in [-0.25, -0.2) is 8.78 Å². The topological polar surface area (TPSA) is 182 Å². The highest BCUT2D eigenvalue weighted by Crippen LogP contribution is 2.54. The lowest BCUT2D eigenvalue weighted by Gasteiger charge is -2.54. The number of benzene rings is 3. The molecule has 8 aliphatic rings. The minimum absolute atomic E-state index is 0.00657. The average molecular weight is 1010 g/mol. The molecule has 2 aromatic heterocycles. The minimum atomic E-state index is -0.975. The smallest absolute Gasteiger partial charge is 0.319 e. The largest absolute Gasteiger partial charge is 0.463 e. The highest BCUT2D eigenvalue weighted by molar-refractivity contribution is 6.23. The predicted octanol–water partition coefficient (Wildman–Crippen LogP) is 6.08. The van der Waals surface area contributed by atoms with Gasteiger partial charge in [-0.15, -0.1) is 0 Å². The molecule has 18 heteroatoms. The van der Waals surface area contributed by atoms with Crippen molar-refractivity contribution in [2.75, 3.05) is 87.6 Å². The second kappa shape index (κ2) is 18.2. The molecule has 0 radical (unpaired) electrons. The molecule has 3 unspecified atom stereocenters. The summed E-state index contributed by atoms with van der Waals surface area (Å²) in [6.45, 7) is 11.5. The van der Waals surface area contributed by atoms with E-state index in [1.165, 1.54) is 31.7 Å². The zero-order valence-electron chi connectivity index (χ0n) is 41.9. The van der Waals surface area contributed by atoms with E-state index >= 15 is 8.78 Å². The van der Waals surface area contributed by atoms with Gasteiger partial charge in [-0.1, -0.05) is 13.0 Å². The number of nitrogens with two attached hydrogens (primary N) is 1. The summed E-state index contributed by atoms with van der Waals surface area (Å²) in [4.78, 5) is 76.1. The van der Waals surface area contributed by atoms with Crippen molar-refractivity contribution in [1.82, 2.24) is 40.3 Å². The quantitative estimate of drug-likeness (QED) is 0.0966. The lowest BCUT2D eigenvalue weighted by Crippen LogP contribution is -2.54. The number of fused-ring (bicyclic) bond motifs is 5. The van der Waals surface area contributed by atoms with Crippen LogP contribution in [0.1, 0.15) is 97.4 Å². The molecule has 8 heterocycles. The number of likely N-dealkylation sites (tertiary alicyclic amines) is 1. The number of imide groups is 2. The monoisotopic (exact) mass is 1010 g/mol. The van der Waals surface area contributed by atoms with Crippen LogP contribution in [0.2, 0.25) is 0 Å². The van der Waals surface area contributed by atoms with Gasteiger partial charge >= 0.3 is 6.01 Å². The lowest BCUT2D eigenvalue weighted by atomic mass is 9.57.